The molecule has 0 aliphatic carbocycles. The van der Waals surface area contributed by atoms with Crippen LogP contribution in [-0.2, 0) is 9.53 Å². The molecule has 1 heterocycles. The topological polar surface area (TPSA) is 111 Å². The fraction of sp³-hybridized carbons (Fsp3) is 0.188. The van der Waals surface area contributed by atoms with Crippen molar-refractivity contribution >= 4 is 40.7 Å². The van der Waals surface area contributed by atoms with Gasteiger partial charge in [-0.1, -0.05) is 17.7 Å². The summed E-state index contributed by atoms with van der Waals surface area (Å²) >= 11 is 2.57. The zero-order valence-corrected chi connectivity index (χ0v) is 15.2. The van der Waals surface area contributed by atoms with E-state index in [1.807, 2.05) is 12.3 Å². The second kappa shape index (κ2) is 8.98. The Morgan fingerprint density at radius 1 is 1.50 bits per heavy atom. The van der Waals surface area contributed by atoms with E-state index in [0.29, 0.717) is 9.24 Å². The minimum atomic E-state index is -0.847. The molecule has 0 fully saturated rings. The SMILES string of the molecule is C#CCNC(=O)COC(=O)c1cc([N+](=O)[O-])ccc1Sc1nc(C)cs1. The van der Waals surface area contributed by atoms with Crippen molar-refractivity contribution in [1.29, 1.82) is 0 Å². The summed E-state index contributed by atoms with van der Waals surface area (Å²) in [6.45, 7) is 1.31. The number of benzene rings is 1. The number of nitro groups is 1. The van der Waals surface area contributed by atoms with Crippen LogP contribution in [0.4, 0.5) is 5.69 Å². The maximum absolute atomic E-state index is 12.3. The van der Waals surface area contributed by atoms with Gasteiger partial charge in [0.25, 0.3) is 11.6 Å². The number of terminal acetylenes is 1. The average molecular weight is 391 g/mol. The molecule has 0 spiro atoms. The molecule has 0 radical (unpaired) electrons. The lowest BCUT2D eigenvalue weighted by Crippen LogP contribution is -2.29. The van der Waals surface area contributed by atoms with E-state index in [1.54, 1.807) is 0 Å². The highest BCUT2D eigenvalue weighted by Crippen LogP contribution is 2.34. The lowest BCUT2D eigenvalue weighted by molar-refractivity contribution is -0.384. The molecule has 1 aromatic carbocycles. The van der Waals surface area contributed by atoms with E-state index >= 15 is 0 Å². The van der Waals surface area contributed by atoms with Gasteiger partial charge in [-0.05, 0) is 13.0 Å². The Morgan fingerprint density at radius 2 is 2.27 bits per heavy atom. The number of hydrogen-bond donors (Lipinski definition) is 1. The van der Waals surface area contributed by atoms with Crippen LogP contribution < -0.4 is 5.32 Å². The van der Waals surface area contributed by atoms with Gasteiger partial charge in [0, 0.05) is 28.1 Å². The highest BCUT2D eigenvalue weighted by Gasteiger charge is 2.20. The predicted octanol–water partition coefficient (Wildman–Crippen LogP) is 2.42. The fourth-order valence-electron chi connectivity index (χ4n) is 1.76. The number of rotatable bonds is 7. The summed E-state index contributed by atoms with van der Waals surface area (Å²) in [6.07, 6.45) is 5.02. The lowest BCUT2D eigenvalue weighted by atomic mass is 10.2. The number of esters is 1. The smallest absolute Gasteiger partial charge is 0.340 e. The third-order valence-corrected chi connectivity index (χ3v) is 5.04. The summed E-state index contributed by atoms with van der Waals surface area (Å²) in [4.78, 5) is 38.9. The standard InChI is InChI=1S/C16H13N3O5S2/c1-3-6-17-14(20)8-24-15(21)12-7-11(19(22)23)4-5-13(12)26-16-18-10(2)9-25-16/h1,4-5,7,9H,6,8H2,2H3,(H,17,20). The van der Waals surface area contributed by atoms with Crippen molar-refractivity contribution in [2.75, 3.05) is 13.2 Å². The number of ether oxygens (including phenoxy) is 1. The number of non-ortho nitro benzene ring substituents is 1. The van der Waals surface area contributed by atoms with Gasteiger partial charge in [0.15, 0.2) is 10.9 Å². The predicted molar refractivity (Wildman–Crippen MR) is 96.2 cm³/mol. The molecule has 2 aromatic rings. The maximum Gasteiger partial charge on any atom is 0.340 e. The Kier molecular flexibility index (Phi) is 6.71. The first-order chi connectivity index (χ1) is 12.4. The second-order valence-electron chi connectivity index (χ2n) is 4.85. The van der Waals surface area contributed by atoms with Gasteiger partial charge >= 0.3 is 5.97 Å². The quantitative estimate of drug-likeness (QED) is 0.334. The Hall–Kier alpha value is -2.90. The van der Waals surface area contributed by atoms with Crippen molar-refractivity contribution in [2.45, 2.75) is 16.2 Å². The van der Waals surface area contributed by atoms with Crippen molar-refractivity contribution < 1.29 is 19.2 Å². The highest BCUT2D eigenvalue weighted by atomic mass is 32.2. The van der Waals surface area contributed by atoms with Crippen molar-refractivity contribution in [3.63, 3.8) is 0 Å². The van der Waals surface area contributed by atoms with Gasteiger partial charge in [0.1, 0.15) is 0 Å². The van der Waals surface area contributed by atoms with Crippen molar-refractivity contribution in [1.82, 2.24) is 10.3 Å². The molecular weight excluding hydrogens is 378 g/mol. The first kappa shape index (κ1) is 19.4. The summed E-state index contributed by atoms with van der Waals surface area (Å²) in [5.74, 6) is 0.809. The molecule has 10 heteroatoms. The Morgan fingerprint density at radius 3 is 2.88 bits per heavy atom. The molecule has 0 atom stereocenters. The zero-order valence-electron chi connectivity index (χ0n) is 13.6. The number of nitrogens with zero attached hydrogens (tertiary/aromatic N) is 2. The third kappa shape index (κ3) is 5.30. The van der Waals surface area contributed by atoms with E-state index < -0.39 is 23.4 Å². The number of aromatic nitrogens is 1. The van der Waals surface area contributed by atoms with Crippen molar-refractivity contribution in [3.05, 3.63) is 45.0 Å². The maximum atomic E-state index is 12.3. The molecular formula is C16H13N3O5S2. The van der Waals surface area contributed by atoms with E-state index in [9.17, 15) is 19.7 Å². The summed E-state index contributed by atoms with van der Waals surface area (Å²) in [7, 11) is 0. The van der Waals surface area contributed by atoms with Crippen LogP contribution >= 0.6 is 23.1 Å². The molecule has 1 aromatic heterocycles. The van der Waals surface area contributed by atoms with E-state index in [2.05, 4.69) is 16.2 Å². The molecule has 1 amide bonds. The monoisotopic (exact) mass is 391 g/mol. The van der Waals surface area contributed by atoms with E-state index in [4.69, 9.17) is 11.2 Å². The molecule has 8 nitrogen and oxygen atoms in total. The lowest BCUT2D eigenvalue weighted by Gasteiger charge is -2.08. The van der Waals surface area contributed by atoms with Crippen LogP contribution in [0, 0.1) is 29.4 Å². The number of carbonyl (C=O) groups is 2. The largest absolute Gasteiger partial charge is 0.452 e. The number of amides is 1. The van der Waals surface area contributed by atoms with Gasteiger partial charge in [-0.25, -0.2) is 9.78 Å². The molecule has 0 aliphatic heterocycles. The molecule has 0 bridgehead atoms. The Labute approximate surface area is 157 Å². The minimum Gasteiger partial charge on any atom is -0.452 e. The highest BCUT2D eigenvalue weighted by molar-refractivity contribution is 8.01. The van der Waals surface area contributed by atoms with Gasteiger partial charge in [-0.3, -0.25) is 14.9 Å². The van der Waals surface area contributed by atoms with E-state index in [0.717, 1.165) is 11.8 Å². The molecule has 0 unspecified atom stereocenters. The molecule has 0 saturated heterocycles. The Balaban J connectivity index is 2.21. The number of thiazole rings is 1. The third-order valence-electron chi connectivity index (χ3n) is 2.91. The summed E-state index contributed by atoms with van der Waals surface area (Å²) in [6, 6.07) is 3.86. The number of nitro benzene ring substituents is 1. The molecule has 1 N–H and O–H groups in total. The van der Waals surface area contributed by atoms with E-state index in [-0.39, 0.29) is 17.8 Å². The van der Waals surface area contributed by atoms with Crippen molar-refractivity contribution in [3.8, 4) is 12.3 Å². The molecule has 0 saturated carbocycles. The first-order valence-corrected chi connectivity index (χ1v) is 8.86. The number of nitrogens with one attached hydrogen (secondary N) is 1. The number of aryl methyl sites for hydroxylation is 1. The Bertz CT molecular complexity index is 888. The molecule has 0 aliphatic rings. The van der Waals surface area contributed by atoms with Crippen LogP contribution in [0.2, 0.25) is 0 Å². The molecule has 134 valence electrons. The van der Waals surface area contributed by atoms with Crippen LogP contribution in [0.5, 0.6) is 0 Å². The van der Waals surface area contributed by atoms with Gasteiger partial charge in [-0.2, -0.15) is 0 Å². The molecule has 2 rings (SSSR count). The van der Waals surface area contributed by atoms with Crippen molar-refractivity contribution in [2.24, 2.45) is 0 Å². The number of carbonyl (C=O) groups excluding carboxylic acids is 2. The van der Waals surface area contributed by atoms with Gasteiger partial charge in [0.05, 0.1) is 17.0 Å². The summed E-state index contributed by atoms with van der Waals surface area (Å²) in [5.41, 5.74) is 0.559. The van der Waals surface area contributed by atoms with Gasteiger partial charge < -0.3 is 10.1 Å². The van der Waals surface area contributed by atoms with Crippen LogP contribution in [-0.4, -0.2) is 34.9 Å². The summed E-state index contributed by atoms with van der Waals surface area (Å²) in [5, 5.41) is 15.2. The van der Waals surface area contributed by atoms with Crippen LogP contribution in [0.1, 0.15) is 16.1 Å². The van der Waals surface area contributed by atoms with Gasteiger partial charge in [0.2, 0.25) is 0 Å². The number of hydrogen-bond acceptors (Lipinski definition) is 8. The second-order valence-corrected chi connectivity index (χ2v) is 7.00. The molecule has 26 heavy (non-hydrogen) atoms. The average Bonchev–Trinajstić information content (AvgIpc) is 3.02. The van der Waals surface area contributed by atoms with Crippen LogP contribution in [0.3, 0.4) is 0 Å². The fourth-order valence-corrected chi connectivity index (χ4v) is 3.66. The first-order valence-electron chi connectivity index (χ1n) is 7.16. The zero-order chi connectivity index (χ0) is 19.1. The normalized spacial score (nSPS) is 10.0. The summed E-state index contributed by atoms with van der Waals surface area (Å²) < 4.78 is 5.61. The van der Waals surface area contributed by atoms with E-state index in [1.165, 1.54) is 35.2 Å². The minimum absolute atomic E-state index is 0.0116. The van der Waals surface area contributed by atoms with Crippen LogP contribution in [0.15, 0.2) is 32.8 Å². The van der Waals surface area contributed by atoms with Crippen LogP contribution in [0.25, 0.3) is 0 Å². The van der Waals surface area contributed by atoms with Gasteiger partial charge in [-0.15, -0.1) is 17.8 Å².